The van der Waals surface area contributed by atoms with Gasteiger partial charge in [-0.2, -0.15) is 0 Å². The Kier molecular flexibility index (Phi) is 3.03. The molecule has 0 radical (unpaired) electrons. The van der Waals surface area contributed by atoms with Crippen molar-refractivity contribution in [3.05, 3.63) is 41.9 Å². The number of benzene rings is 1. The zero-order chi connectivity index (χ0) is 11.5. The SMILES string of the molecule is Cc1ccccc1-c1cnc(C(N)CO)[nH]1. The number of aromatic amines is 1. The first-order chi connectivity index (χ1) is 7.72. The maximum Gasteiger partial charge on any atom is 0.125 e. The molecule has 0 aliphatic heterocycles. The molecule has 0 spiro atoms. The van der Waals surface area contributed by atoms with Crippen LogP contribution in [0.5, 0.6) is 0 Å². The van der Waals surface area contributed by atoms with Gasteiger partial charge in [-0.05, 0) is 12.5 Å². The Labute approximate surface area is 94.1 Å². The summed E-state index contributed by atoms with van der Waals surface area (Å²) in [5.74, 6) is 0.612. The third kappa shape index (κ3) is 1.98. The molecule has 84 valence electrons. The van der Waals surface area contributed by atoms with Crippen LogP contribution in [0, 0.1) is 6.92 Å². The van der Waals surface area contributed by atoms with Gasteiger partial charge in [0.05, 0.1) is 24.5 Å². The first kappa shape index (κ1) is 10.9. The summed E-state index contributed by atoms with van der Waals surface area (Å²) in [6.07, 6.45) is 1.74. The third-order valence-electron chi connectivity index (χ3n) is 2.58. The van der Waals surface area contributed by atoms with E-state index in [1.807, 2.05) is 31.2 Å². The summed E-state index contributed by atoms with van der Waals surface area (Å²) < 4.78 is 0. The average Bonchev–Trinajstić information content (AvgIpc) is 2.78. The van der Waals surface area contributed by atoms with Crippen LogP contribution in [0.3, 0.4) is 0 Å². The van der Waals surface area contributed by atoms with Crippen molar-refractivity contribution in [2.24, 2.45) is 5.73 Å². The highest BCUT2D eigenvalue weighted by Crippen LogP contribution is 2.21. The number of aliphatic hydroxyl groups excluding tert-OH is 1. The number of H-pyrrole nitrogens is 1. The number of imidazole rings is 1. The number of hydrogen-bond donors (Lipinski definition) is 3. The maximum atomic E-state index is 8.94. The van der Waals surface area contributed by atoms with Crippen LogP contribution in [0.4, 0.5) is 0 Å². The molecule has 0 saturated heterocycles. The van der Waals surface area contributed by atoms with Gasteiger partial charge in [-0.1, -0.05) is 24.3 Å². The molecule has 4 heteroatoms. The summed E-state index contributed by atoms with van der Waals surface area (Å²) in [5.41, 5.74) is 8.89. The molecule has 0 aliphatic carbocycles. The second-order valence-electron chi connectivity index (χ2n) is 3.79. The largest absolute Gasteiger partial charge is 0.394 e. The molecule has 0 amide bonds. The normalized spacial score (nSPS) is 12.7. The van der Waals surface area contributed by atoms with E-state index >= 15 is 0 Å². The Morgan fingerprint density at radius 3 is 2.88 bits per heavy atom. The minimum absolute atomic E-state index is 0.110. The van der Waals surface area contributed by atoms with Crippen molar-refractivity contribution < 1.29 is 5.11 Å². The first-order valence-electron chi connectivity index (χ1n) is 5.19. The molecule has 4 nitrogen and oxygen atoms in total. The number of aryl methyl sites for hydroxylation is 1. The van der Waals surface area contributed by atoms with E-state index in [1.54, 1.807) is 6.20 Å². The molecular weight excluding hydrogens is 202 g/mol. The molecule has 1 atom stereocenters. The van der Waals surface area contributed by atoms with E-state index < -0.39 is 6.04 Å². The number of nitrogens with one attached hydrogen (secondary N) is 1. The molecule has 16 heavy (non-hydrogen) atoms. The Hall–Kier alpha value is -1.65. The fraction of sp³-hybridized carbons (Fsp3) is 0.250. The van der Waals surface area contributed by atoms with E-state index in [9.17, 15) is 0 Å². The van der Waals surface area contributed by atoms with Crippen LogP contribution in [-0.2, 0) is 0 Å². The van der Waals surface area contributed by atoms with Crippen molar-refractivity contribution in [3.63, 3.8) is 0 Å². The van der Waals surface area contributed by atoms with Crippen LogP contribution in [0.15, 0.2) is 30.5 Å². The van der Waals surface area contributed by atoms with Gasteiger partial charge in [-0.15, -0.1) is 0 Å². The van der Waals surface area contributed by atoms with Gasteiger partial charge in [0.2, 0.25) is 0 Å². The number of nitrogens with two attached hydrogens (primary N) is 1. The first-order valence-corrected chi connectivity index (χ1v) is 5.19. The van der Waals surface area contributed by atoms with Crippen LogP contribution in [-0.4, -0.2) is 21.7 Å². The summed E-state index contributed by atoms with van der Waals surface area (Å²) in [6, 6.07) is 7.60. The van der Waals surface area contributed by atoms with Crippen LogP contribution in [0.2, 0.25) is 0 Å². The lowest BCUT2D eigenvalue weighted by atomic mass is 10.1. The molecule has 0 fully saturated rings. The predicted octanol–water partition coefficient (Wildman–Crippen LogP) is 1.38. The summed E-state index contributed by atoms with van der Waals surface area (Å²) in [6.45, 7) is 1.93. The lowest BCUT2D eigenvalue weighted by Gasteiger charge is -2.04. The van der Waals surface area contributed by atoms with Crippen molar-refractivity contribution in [1.82, 2.24) is 9.97 Å². The molecule has 1 aromatic heterocycles. The van der Waals surface area contributed by atoms with E-state index in [2.05, 4.69) is 9.97 Å². The van der Waals surface area contributed by atoms with E-state index in [1.165, 1.54) is 5.56 Å². The topological polar surface area (TPSA) is 74.9 Å². The van der Waals surface area contributed by atoms with Crippen molar-refractivity contribution in [3.8, 4) is 11.3 Å². The molecule has 0 saturated carbocycles. The Bertz CT molecular complexity index is 479. The van der Waals surface area contributed by atoms with Crippen LogP contribution >= 0.6 is 0 Å². The van der Waals surface area contributed by atoms with Gasteiger partial charge in [0.25, 0.3) is 0 Å². The quantitative estimate of drug-likeness (QED) is 0.727. The average molecular weight is 217 g/mol. The lowest BCUT2D eigenvalue weighted by molar-refractivity contribution is 0.264. The van der Waals surface area contributed by atoms with E-state index in [0.717, 1.165) is 11.3 Å². The van der Waals surface area contributed by atoms with Gasteiger partial charge in [0.15, 0.2) is 0 Å². The molecule has 1 aromatic carbocycles. The zero-order valence-electron chi connectivity index (χ0n) is 9.14. The van der Waals surface area contributed by atoms with Crippen LogP contribution in [0.25, 0.3) is 11.3 Å². The third-order valence-corrected chi connectivity index (χ3v) is 2.58. The van der Waals surface area contributed by atoms with Gasteiger partial charge >= 0.3 is 0 Å². The van der Waals surface area contributed by atoms with E-state index in [4.69, 9.17) is 10.8 Å². The maximum absolute atomic E-state index is 8.94. The Morgan fingerprint density at radius 2 is 2.19 bits per heavy atom. The minimum atomic E-state index is -0.447. The van der Waals surface area contributed by atoms with Crippen molar-refractivity contribution >= 4 is 0 Å². The number of nitrogens with zero attached hydrogens (tertiary/aromatic N) is 1. The van der Waals surface area contributed by atoms with Gasteiger partial charge in [0.1, 0.15) is 5.82 Å². The molecule has 2 aromatic rings. The van der Waals surface area contributed by atoms with Crippen molar-refractivity contribution in [2.45, 2.75) is 13.0 Å². The number of aromatic nitrogens is 2. The molecule has 2 rings (SSSR count). The molecular formula is C12H15N3O. The van der Waals surface area contributed by atoms with Crippen molar-refractivity contribution in [1.29, 1.82) is 0 Å². The molecule has 1 heterocycles. The van der Waals surface area contributed by atoms with Crippen LogP contribution in [0.1, 0.15) is 17.4 Å². The fourth-order valence-electron chi connectivity index (χ4n) is 1.62. The van der Waals surface area contributed by atoms with E-state index in [0.29, 0.717) is 5.82 Å². The smallest absolute Gasteiger partial charge is 0.125 e. The summed E-state index contributed by atoms with van der Waals surface area (Å²) in [5, 5.41) is 8.94. The Morgan fingerprint density at radius 1 is 1.44 bits per heavy atom. The van der Waals surface area contributed by atoms with Gasteiger partial charge in [-0.3, -0.25) is 0 Å². The zero-order valence-corrected chi connectivity index (χ0v) is 9.14. The molecule has 0 bridgehead atoms. The summed E-state index contributed by atoms with van der Waals surface area (Å²) in [7, 11) is 0. The highest BCUT2D eigenvalue weighted by Gasteiger charge is 2.10. The fourth-order valence-corrected chi connectivity index (χ4v) is 1.62. The molecule has 4 N–H and O–H groups in total. The summed E-state index contributed by atoms with van der Waals surface area (Å²) >= 11 is 0. The Balaban J connectivity index is 2.35. The number of rotatable bonds is 3. The van der Waals surface area contributed by atoms with Crippen LogP contribution < -0.4 is 5.73 Å². The molecule has 0 aliphatic rings. The van der Waals surface area contributed by atoms with Gasteiger partial charge in [0, 0.05) is 5.56 Å². The standard InChI is InChI=1S/C12H15N3O/c1-8-4-2-3-5-9(8)11-6-14-12(15-11)10(13)7-16/h2-6,10,16H,7,13H2,1H3,(H,14,15). The van der Waals surface area contributed by atoms with Crippen molar-refractivity contribution in [2.75, 3.05) is 6.61 Å². The van der Waals surface area contributed by atoms with Gasteiger partial charge < -0.3 is 15.8 Å². The predicted molar refractivity (Wildman–Crippen MR) is 62.8 cm³/mol. The number of hydrogen-bond acceptors (Lipinski definition) is 3. The highest BCUT2D eigenvalue weighted by atomic mass is 16.3. The molecule has 1 unspecified atom stereocenters. The van der Waals surface area contributed by atoms with E-state index in [-0.39, 0.29) is 6.61 Å². The summed E-state index contributed by atoms with van der Waals surface area (Å²) in [4.78, 5) is 7.29. The minimum Gasteiger partial charge on any atom is -0.394 e. The van der Waals surface area contributed by atoms with Gasteiger partial charge in [-0.25, -0.2) is 4.98 Å². The number of aliphatic hydroxyl groups is 1. The second-order valence-corrected chi connectivity index (χ2v) is 3.79. The second kappa shape index (κ2) is 4.47. The highest BCUT2D eigenvalue weighted by molar-refractivity contribution is 5.62. The lowest BCUT2D eigenvalue weighted by Crippen LogP contribution is -2.15. The monoisotopic (exact) mass is 217 g/mol.